The van der Waals surface area contributed by atoms with Crippen molar-refractivity contribution in [2.45, 2.75) is 32.4 Å². The predicted octanol–water partition coefficient (Wildman–Crippen LogP) is 0.587. The summed E-state index contributed by atoms with van der Waals surface area (Å²) in [6, 6.07) is 0. The van der Waals surface area contributed by atoms with E-state index >= 15 is 0 Å². The number of aliphatic carboxylic acids is 1. The Hall–Kier alpha value is -0.650. The van der Waals surface area contributed by atoms with Crippen molar-refractivity contribution in [3.63, 3.8) is 0 Å². The first-order valence-electron chi connectivity index (χ1n) is 5.56. The highest BCUT2D eigenvalue weighted by Crippen LogP contribution is 2.17. The molecule has 1 rings (SSSR count). The SMILES string of the molecule is CC(C)(C)N1CCOC(COCC(=O)O)C1. The zero-order valence-corrected chi connectivity index (χ0v) is 10.2. The van der Waals surface area contributed by atoms with E-state index in [2.05, 4.69) is 25.7 Å². The molecule has 1 saturated heterocycles. The van der Waals surface area contributed by atoms with E-state index in [1.54, 1.807) is 0 Å². The molecule has 1 unspecified atom stereocenters. The molecule has 0 amide bonds. The predicted molar refractivity (Wildman–Crippen MR) is 59.5 cm³/mol. The van der Waals surface area contributed by atoms with Crippen molar-refractivity contribution in [3.05, 3.63) is 0 Å². The lowest BCUT2D eigenvalue weighted by Crippen LogP contribution is -2.52. The molecule has 0 radical (unpaired) electrons. The Labute approximate surface area is 96.3 Å². The second kappa shape index (κ2) is 5.61. The zero-order valence-electron chi connectivity index (χ0n) is 10.2. The van der Waals surface area contributed by atoms with Crippen LogP contribution in [0.5, 0.6) is 0 Å². The highest BCUT2D eigenvalue weighted by Gasteiger charge is 2.28. The molecule has 94 valence electrons. The highest BCUT2D eigenvalue weighted by atomic mass is 16.5. The minimum atomic E-state index is -0.941. The van der Waals surface area contributed by atoms with Crippen LogP contribution in [-0.2, 0) is 14.3 Å². The maximum Gasteiger partial charge on any atom is 0.329 e. The number of ether oxygens (including phenoxy) is 2. The van der Waals surface area contributed by atoms with E-state index in [1.807, 2.05) is 0 Å². The normalized spacial score (nSPS) is 23.3. The summed E-state index contributed by atoms with van der Waals surface area (Å²) < 4.78 is 10.6. The van der Waals surface area contributed by atoms with Gasteiger partial charge in [-0.2, -0.15) is 0 Å². The number of nitrogens with zero attached hydrogens (tertiary/aromatic N) is 1. The topological polar surface area (TPSA) is 59.0 Å². The molecule has 1 aliphatic rings. The molecule has 0 bridgehead atoms. The lowest BCUT2D eigenvalue weighted by Gasteiger charge is -2.41. The van der Waals surface area contributed by atoms with Crippen LogP contribution in [0.2, 0.25) is 0 Å². The van der Waals surface area contributed by atoms with Crippen LogP contribution < -0.4 is 0 Å². The molecule has 5 nitrogen and oxygen atoms in total. The average Bonchev–Trinajstić information content (AvgIpc) is 2.16. The summed E-state index contributed by atoms with van der Waals surface area (Å²) in [6.07, 6.45) is -0.0210. The molecule has 0 spiro atoms. The third-order valence-corrected chi connectivity index (χ3v) is 2.62. The summed E-state index contributed by atoms with van der Waals surface area (Å²) in [7, 11) is 0. The second-order valence-electron chi connectivity index (χ2n) is 5.02. The van der Waals surface area contributed by atoms with E-state index in [-0.39, 0.29) is 18.2 Å². The molecule has 1 N–H and O–H groups in total. The number of hydrogen-bond donors (Lipinski definition) is 1. The maximum atomic E-state index is 10.3. The molecule has 1 aliphatic heterocycles. The Balaban J connectivity index is 2.31. The first kappa shape index (κ1) is 13.4. The summed E-state index contributed by atoms with van der Waals surface area (Å²) >= 11 is 0. The number of hydrogen-bond acceptors (Lipinski definition) is 4. The van der Waals surface area contributed by atoms with Gasteiger partial charge in [0.2, 0.25) is 0 Å². The van der Waals surface area contributed by atoms with Gasteiger partial charge < -0.3 is 14.6 Å². The minimum Gasteiger partial charge on any atom is -0.480 e. The van der Waals surface area contributed by atoms with Crippen LogP contribution in [0.4, 0.5) is 0 Å². The van der Waals surface area contributed by atoms with Gasteiger partial charge in [0.05, 0.1) is 19.3 Å². The van der Waals surface area contributed by atoms with Gasteiger partial charge >= 0.3 is 5.97 Å². The summed E-state index contributed by atoms with van der Waals surface area (Å²) in [6.45, 7) is 8.96. The van der Waals surface area contributed by atoms with E-state index in [0.29, 0.717) is 13.2 Å². The van der Waals surface area contributed by atoms with Gasteiger partial charge in [0.1, 0.15) is 6.61 Å². The fraction of sp³-hybridized carbons (Fsp3) is 0.909. The van der Waals surface area contributed by atoms with Crippen molar-refractivity contribution in [2.75, 3.05) is 32.9 Å². The standard InChI is InChI=1S/C11H21NO4/c1-11(2,3)12-4-5-16-9(6-12)7-15-8-10(13)14/h9H,4-8H2,1-3H3,(H,13,14). The van der Waals surface area contributed by atoms with Gasteiger partial charge in [0.25, 0.3) is 0 Å². The van der Waals surface area contributed by atoms with Gasteiger partial charge in [-0.15, -0.1) is 0 Å². The van der Waals surface area contributed by atoms with Gasteiger partial charge in [-0.05, 0) is 20.8 Å². The smallest absolute Gasteiger partial charge is 0.329 e. The number of rotatable bonds is 4. The molecule has 0 aliphatic carbocycles. The molecule has 0 aromatic rings. The molecular formula is C11H21NO4. The monoisotopic (exact) mass is 231 g/mol. The van der Waals surface area contributed by atoms with Crippen molar-refractivity contribution in [1.82, 2.24) is 4.90 Å². The maximum absolute atomic E-state index is 10.3. The van der Waals surface area contributed by atoms with E-state index < -0.39 is 5.97 Å². The van der Waals surface area contributed by atoms with Crippen LogP contribution in [-0.4, -0.2) is 60.5 Å². The van der Waals surface area contributed by atoms with Gasteiger partial charge in [-0.1, -0.05) is 0 Å². The van der Waals surface area contributed by atoms with Gasteiger partial charge in [-0.3, -0.25) is 4.90 Å². The third kappa shape index (κ3) is 4.47. The molecule has 16 heavy (non-hydrogen) atoms. The van der Waals surface area contributed by atoms with E-state index in [4.69, 9.17) is 14.6 Å². The van der Waals surface area contributed by atoms with E-state index in [1.165, 1.54) is 0 Å². The molecular weight excluding hydrogens is 210 g/mol. The quantitative estimate of drug-likeness (QED) is 0.767. The molecule has 1 fully saturated rings. The molecule has 0 aromatic carbocycles. The van der Waals surface area contributed by atoms with Crippen molar-refractivity contribution in [1.29, 1.82) is 0 Å². The lowest BCUT2D eigenvalue weighted by molar-refractivity contribution is -0.145. The van der Waals surface area contributed by atoms with Crippen LogP contribution in [0.1, 0.15) is 20.8 Å². The fourth-order valence-electron chi connectivity index (χ4n) is 1.71. The van der Waals surface area contributed by atoms with Crippen LogP contribution in [0.25, 0.3) is 0 Å². The minimum absolute atomic E-state index is 0.0210. The Morgan fingerprint density at radius 3 is 2.81 bits per heavy atom. The summed E-state index contributed by atoms with van der Waals surface area (Å²) in [4.78, 5) is 12.6. The first-order chi connectivity index (χ1) is 7.39. The van der Waals surface area contributed by atoms with Crippen molar-refractivity contribution < 1.29 is 19.4 Å². The number of carboxylic acids is 1. The number of carboxylic acid groups (broad SMARTS) is 1. The Bertz CT molecular complexity index is 237. The first-order valence-corrected chi connectivity index (χ1v) is 5.56. The molecule has 1 heterocycles. The zero-order chi connectivity index (χ0) is 12.2. The van der Waals surface area contributed by atoms with Crippen LogP contribution in [0.3, 0.4) is 0 Å². The lowest BCUT2D eigenvalue weighted by atomic mass is 10.0. The van der Waals surface area contributed by atoms with E-state index in [0.717, 1.165) is 13.1 Å². The Morgan fingerprint density at radius 1 is 1.56 bits per heavy atom. The Kier molecular flexibility index (Phi) is 4.70. The van der Waals surface area contributed by atoms with Gasteiger partial charge in [0.15, 0.2) is 0 Å². The molecule has 5 heteroatoms. The van der Waals surface area contributed by atoms with Crippen molar-refractivity contribution in [3.8, 4) is 0 Å². The molecule has 0 aromatic heterocycles. The molecule has 0 saturated carbocycles. The number of morpholine rings is 1. The van der Waals surface area contributed by atoms with Crippen molar-refractivity contribution in [2.24, 2.45) is 0 Å². The third-order valence-electron chi connectivity index (χ3n) is 2.62. The van der Waals surface area contributed by atoms with Gasteiger partial charge in [0, 0.05) is 18.6 Å². The van der Waals surface area contributed by atoms with Crippen LogP contribution in [0.15, 0.2) is 0 Å². The van der Waals surface area contributed by atoms with Crippen LogP contribution in [0, 0.1) is 0 Å². The van der Waals surface area contributed by atoms with E-state index in [9.17, 15) is 4.79 Å². The van der Waals surface area contributed by atoms with Crippen LogP contribution >= 0.6 is 0 Å². The fourth-order valence-corrected chi connectivity index (χ4v) is 1.71. The van der Waals surface area contributed by atoms with Crippen molar-refractivity contribution >= 4 is 5.97 Å². The second-order valence-corrected chi connectivity index (χ2v) is 5.02. The molecule has 1 atom stereocenters. The largest absolute Gasteiger partial charge is 0.480 e. The summed E-state index contributed by atoms with van der Waals surface area (Å²) in [5, 5.41) is 8.45. The van der Waals surface area contributed by atoms with Gasteiger partial charge in [-0.25, -0.2) is 4.79 Å². The summed E-state index contributed by atoms with van der Waals surface area (Å²) in [5.41, 5.74) is 0.120. The Morgan fingerprint density at radius 2 is 2.25 bits per heavy atom. The number of carbonyl (C=O) groups is 1. The summed E-state index contributed by atoms with van der Waals surface area (Å²) in [5.74, 6) is -0.941. The highest BCUT2D eigenvalue weighted by molar-refractivity contribution is 5.67. The average molecular weight is 231 g/mol.